The van der Waals surface area contributed by atoms with E-state index in [1.54, 1.807) is 18.2 Å². The van der Waals surface area contributed by atoms with Crippen LogP contribution in [-0.4, -0.2) is 88.4 Å². The lowest BCUT2D eigenvalue weighted by atomic mass is 9.60. The molecule has 172 valence electrons. The molecule has 42 heavy (non-hydrogen) atoms. The summed E-state index contributed by atoms with van der Waals surface area (Å²) in [5, 5.41) is 2.06. The Labute approximate surface area is 261 Å². The zero-order valence-electron chi connectivity index (χ0n) is 22.0. The van der Waals surface area contributed by atoms with E-state index in [0.717, 1.165) is 10.8 Å². The number of hydrogen-bond donors (Lipinski definition) is 0. The van der Waals surface area contributed by atoms with Crippen LogP contribution in [0.3, 0.4) is 0 Å². The van der Waals surface area contributed by atoms with Gasteiger partial charge in [-0.1, -0.05) is 45.6 Å². The van der Waals surface area contributed by atoms with Crippen molar-refractivity contribution < 1.29 is 4.42 Å². The molecule has 0 unspecified atom stereocenters. The van der Waals surface area contributed by atoms with E-state index in [-0.39, 0.29) is 77.3 Å². The summed E-state index contributed by atoms with van der Waals surface area (Å²) < 4.78 is 6.09. The Kier molecular flexibility index (Phi) is 7.17. The highest BCUT2D eigenvalue weighted by Gasteiger charge is 2.21. The van der Waals surface area contributed by atoms with Crippen molar-refractivity contribution in [1.82, 2.24) is 9.97 Å². The van der Waals surface area contributed by atoms with Gasteiger partial charge in [0, 0.05) is 26.9 Å². The summed E-state index contributed by atoms with van der Waals surface area (Å²) in [5.74, 6) is 0.0616. The second kappa shape index (κ2) is 10.5. The molecule has 14 heteroatoms. The lowest BCUT2D eigenvalue weighted by molar-refractivity contribution is 0.669. The van der Waals surface area contributed by atoms with Crippen molar-refractivity contribution in [2.75, 3.05) is 0 Å². The fraction of sp³-hybridized carbons (Fsp3) is 0. The first-order valence-corrected chi connectivity index (χ1v) is 12.8. The Morgan fingerprint density at radius 3 is 1.64 bits per heavy atom. The molecule has 0 aliphatic rings. The summed E-state index contributed by atoms with van der Waals surface area (Å²) in [4.78, 5) is 9.58. The largest absolute Gasteiger partial charge is 0.456 e. The maximum absolute atomic E-state index is 6.42. The van der Waals surface area contributed by atoms with Gasteiger partial charge < -0.3 is 4.42 Å². The number of rotatable bonds is 3. The van der Waals surface area contributed by atoms with Crippen LogP contribution in [0, 0.1) is 0 Å². The van der Waals surface area contributed by atoms with Gasteiger partial charge in [0.15, 0.2) is 5.82 Å². The van der Waals surface area contributed by atoms with Crippen LogP contribution in [0.25, 0.3) is 55.8 Å². The number of hydrogen-bond acceptors (Lipinski definition) is 3. The molecule has 4 aromatic carbocycles. The third-order valence-electron chi connectivity index (χ3n) is 7.34. The van der Waals surface area contributed by atoms with Gasteiger partial charge in [-0.3, -0.25) is 0 Å². The van der Waals surface area contributed by atoms with Crippen LogP contribution in [0.4, 0.5) is 0 Å². The molecule has 2 aromatic heterocycles. The summed E-state index contributed by atoms with van der Waals surface area (Å²) in [6, 6.07) is 12.6. The van der Waals surface area contributed by atoms with Crippen LogP contribution in [-0.2, 0) is 0 Å². The third kappa shape index (κ3) is 4.35. The first-order chi connectivity index (χ1) is 19.9. The van der Waals surface area contributed by atoms with Gasteiger partial charge in [0.1, 0.15) is 89.6 Å². The van der Waals surface area contributed by atoms with Gasteiger partial charge in [-0.15, -0.1) is 32.8 Å². The van der Waals surface area contributed by atoms with Gasteiger partial charge in [0.25, 0.3) is 0 Å². The molecule has 0 bridgehead atoms. The fourth-order valence-corrected chi connectivity index (χ4v) is 5.23. The van der Waals surface area contributed by atoms with Crippen molar-refractivity contribution in [3.8, 4) is 33.9 Å². The predicted octanol–water partition coefficient (Wildman–Crippen LogP) is -4.03. The van der Waals surface area contributed by atoms with Gasteiger partial charge in [-0.25, -0.2) is 9.97 Å². The smallest absolute Gasteiger partial charge is 0.159 e. The molecule has 0 saturated heterocycles. The minimum atomic E-state index is 0.0322. The Hall–Kier alpha value is -3.30. The van der Waals surface area contributed by atoms with E-state index >= 15 is 0 Å². The molecule has 0 fully saturated rings. The van der Waals surface area contributed by atoms with Gasteiger partial charge in [0.05, 0.1) is 11.4 Å². The minimum absolute atomic E-state index is 0.0322. The molecule has 0 atom stereocenters. The van der Waals surface area contributed by atoms with Crippen LogP contribution in [0.15, 0.2) is 46.9 Å². The molecular weight excluding hydrogens is 524 g/mol. The first-order valence-electron chi connectivity index (χ1n) is 12.4. The number of nitrogens with zero attached hydrogens (tertiary/aromatic N) is 2. The summed E-state index contributed by atoms with van der Waals surface area (Å²) in [5.41, 5.74) is 3.49. The molecular formula is C28H7B10ClN2O. The van der Waals surface area contributed by atoms with Crippen molar-refractivity contribution in [2.45, 2.75) is 0 Å². The van der Waals surface area contributed by atoms with Crippen LogP contribution < -0.4 is 54.6 Å². The standard InChI is InChI=1S/C28H7B10ClN2O/c29-18-16(19(30)23(34)26(37)22(18)33)12-7-11(40-28(41-12)17-20(31)24(35)27(38)25(36)21(17)32)9-2-1-3-14-15(9)10-6-8(39)4-5-13(10)42-14/h1-7H. The second-order valence-corrected chi connectivity index (χ2v) is 10.2. The Balaban J connectivity index is 1.76. The Bertz CT molecular complexity index is 1980. The van der Waals surface area contributed by atoms with Crippen molar-refractivity contribution in [3.63, 3.8) is 0 Å². The molecule has 0 spiro atoms. The number of benzene rings is 4. The van der Waals surface area contributed by atoms with Crippen LogP contribution in [0.1, 0.15) is 0 Å². The van der Waals surface area contributed by atoms with Crippen molar-refractivity contribution >= 4 is 167 Å². The molecule has 6 aromatic rings. The van der Waals surface area contributed by atoms with E-state index in [9.17, 15) is 0 Å². The van der Waals surface area contributed by atoms with Gasteiger partial charge in [0.2, 0.25) is 0 Å². The third-order valence-corrected chi connectivity index (χ3v) is 7.57. The average Bonchev–Trinajstić information content (AvgIpc) is 3.35. The molecule has 0 saturated carbocycles. The topological polar surface area (TPSA) is 38.9 Å². The molecule has 3 nitrogen and oxygen atoms in total. The van der Waals surface area contributed by atoms with Crippen molar-refractivity contribution in [1.29, 1.82) is 0 Å². The number of halogens is 1. The summed E-state index contributed by atoms with van der Waals surface area (Å²) in [7, 11) is 62.4. The number of aromatic nitrogens is 2. The normalized spacial score (nSPS) is 11.5. The minimum Gasteiger partial charge on any atom is -0.456 e. The van der Waals surface area contributed by atoms with Crippen LogP contribution in [0.2, 0.25) is 5.02 Å². The fourth-order valence-electron chi connectivity index (χ4n) is 5.05. The second-order valence-electron chi connectivity index (χ2n) is 9.77. The first kappa shape index (κ1) is 28.8. The van der Waals surface area contributed by atoms with Crippen LogP contribution >= 0.6 is 11.6 Å². The number of fused-ring (bicyclic) bond motifs is 3. The van der Waals surface area contributed by atoms with Crippen molar-refractivity contribution in [3.05, 3.63) is 47.5 Å². The van der Waals surface area contributed by atoms with E-state index in [4.69, 9.17) is 104 Å². The van der Waals surface area contributed by atoms with Gasteiger partial charge in [-0.2, -0.15) is 0 Å². The number of furan rings is 1. The highest BCUT2D eigenvalue weighted by molar-refractivity contribution is 6.70. The average molecular weight is 531 g/mol. The summed E-state index contributed by atoms with van der Waals surface area (Å²) in [6.45, 7) is 0. The van der Waals surface area contributed by atoms with Crippen LogP contribution in [0.5, 0.6) is 0 Å². The van der Waals surface area contributed by atoms with E-state index in [1.165, 1.54) is 0 Å². The quantitative estimate of drug-likeness (QED) is 0.219. The molecule has 6 rings (SSSR count). The van der Waals surface area contributed by atoms with Gasteiger partial charge in [-0.05, 0) is 35.9 Å². The zero-order chi connectivity index (χ0) is 30.2. The van der Waals surface area contributed by atoms with Gasteiger partial charge >= 0.3 is 0 Å². The van der Waals surface area contributed by atoms with E-state index < -0.39 is 0 Å². The molecule has 2 heterocycles. The van der Waals surface area contributed by atoms with E-state index in [0.29, 0.717) is 27.4 Å². The molecule has 0 N–H and O–H groups in total. The lowest BCUT2D eigenvalue weighted by Crippen LogP contribution is -2.55. The highest BCUT2D eigenvalue weighted by atomic mass is 35.5. The maximum Gasteiger partial charge on any atom is 0.159 e. The summed E-state index contributed by atoms with van der Waals surface area (Å²) in [6.07, 6.45) is 0. The molecule has 20 radical (unpaired) electrons. The zero-order valence-corrected chi connectivity index (χ0v) is 22.8. The predicted molar refractivity (Wildman–Crippen MR) is 185 cm³/mol. The highest BCUT2D eigenvalue weighted by Crippen LogP contribution is 2.38. The maximum atomic E-state index is 6.42. The molecule has 0 amide bonds. The SMILES string of the molecule is [B]c1c([B])c([B])c(-c2cc(-c3cccc4oc5ccc(Cl)cc5c34)nc(-c3c([B])c([B])c([B])c([B])c3[B])n2)c([B])c1[B]. The summed E-state index contributed by atoms with van der Waals surface area (Å²) >= 11 is 6.35. The van der Waals surface area contributed by atoms with E-state index in [1.807, 2.05) is 24.3 Å². The van der Waals surface area contributed by atoms with Crippen molar-refractivity contribution in [2.24, 2.45) is 0 Å². The lowest BCUT2D eigenvalue weighted by Gasteiger charge is -2.23. The Morgan fingerprint density at radius 1 is 0.524 bits per heavy atom. The molecule has 0 aliphatic carbocycles. The Morgan fingerprint density at radius 2 is 1.05 bits per heavy atom. The monoisotopic (exact) mass is 532 g/mol. The van der Waals surface area contributed by atoms with E-state index in [2.05, 4.69) is 0 Å². The molecule has 0 aliphatic heterocycles.